The first-order valence-electron chi connectivity index (χ1n) is 8.81. The Morgan fingerprint density at radius 2 is 1.90 bits per heavy atom. The van der Waals surface area contributed by atoms with E-state index in [9.17, 15) is 18.0 Å². The number of aromatic nitrogens is 5. The second kappa shape index (κ2) is 8.09. The molecule has 0 atom stereocenters. The summed E-state index contributed by atoms with van der Waals surface area (Å²) >= 11 is 2.03. The van der Waals surface area contributed by atoms with E-state index in [0.29, 0.717) is 26.4 Å². The van der Waals surface area contributed by atoms with Crippen LogP contribution in [0.1, 0.15) is 12.6 Å². The quantitative estimate of drug-likeness (QED) is 0.371. The van der Waals surface area contributed by atoms with Crippen LogP contribution in [0.3, 0.4) is 0 Å². The largest absolute Gasteiger partial charge is 0.433 e. The third-order valence-corrected chi connectivity index (χ3v) is 5.19. The first-order valence-corrected chi connectivity index (χ1v) is 9.89. The molecular formula is C19H13F3IN7O. The van der Waals surface area contributed by atoms with Crippen molar-refractivity contribution < 1.29 is 18.0 Å². The summed E-state index contributed by atoms with van der Waals surface area (Å²) in [6.45, 7) is 1.38. The lowest BCUT2D eigenvalue weighted by Crippen LogP contribution is -2.11. The number of alkyl halides is 3. The highest BCUT2D eigenvalue weighted by atomic mass is 127. The van der Waals surface area contributed by atoms with Gasteiger partial charge in [0.1, 0.15) is 22.7 Å². The van der Waals surface area contributed by atoms with E-state index >= 15 is 0 Å². The maximum absolute atomic E-state index is 13.1. The molecule has 0 unspecified atom stereocenters. The number of pyridine rings is 2. The average molecular weight is 539 g/mol. The van der Waals surface area contributed by atoms with Gasteiger partial charge in [0.2, 0.25) is 11.7 Å². The predicted octanol–water partition coefficient (Wildman–Crippen LogP) is 4.51. The molecule has 4 rings (SSSR count). The molecule has 31 heavy (non-hydrogen) atoms. The van der Waals surface area contributed by atoms with E-state index in [1.54, 1.807) is 24.4 Å². The van der Waals surface area contributed by atoms with E-state index in [0.717, 1.165) is 6.07 Å². The molecule has 0 fully saturated rings. The van der Waals surface area contributed by atoms with Gasteiger partial charge in [-0.2, -0.15) is 13.2 Å². The van der Waals surface area contributed by atoms with Gasteiger partial charge in [-0.1, -0.05) is 6.07 Å². The lowest BCUT2D eigenvalue weighted by molar-refractivity contribution is -0.141. The lowest BCUT2D eigenvalue weighted by Gasteiger charge is -2.13. The zero-order chi connectivity index (χ0) is 22.2. The van der Waals surface area contributed by atoms with Gasteiger partial charge in [-0.15, -0.1) is 5.10 Å². The maximum atomic E-state index is 13.1. The number of carbonyl (C=O) groups is 1. The molecule has 0 aliphatic carbocycles. The highest BCUT2D eigenvalue weighted by molar-refractivity contribution is 14.1. The smallest absolute Gasteiger partial charge is 0.337 e. The van der Waals surface area contributed by atoms with E-state index in [4.69, 9.17) is 0 Å². The van der Waals surface area contributed by atoms with Crippen molar-refractivity contribution >= 4 is 51.3 Å². The Bertz CT molecular complexity index is 1290. The summed E-state index contributed by atoms with van der Waals surface area (Å²) in [7, 11) is 0. The minimum Gasteiger partial charge on any atom is -0.337 e. The van der Waals surface area contributed by atoms with Crippen LogP contribution < -0.4 is 10.6 Å². The second-order valence-electron chi connectivity index (χ2n) is 6.36. The number of rotatable bonds is 4. The van der Waals surface area contributed by atoms with Crippen LogP contribution in [0.2, 0.25) is 0 Å². The topological polar surface area (TPSA) is 97.1 Å². The van der Waals surface area contributed by atoms with Crippen molar-refractivity contribution in [3.05, 3.63) is 58.1 Å². The summed E-state index contributed by atoms with van der Waals surface area (Å²) in [6.07, 6.45) is -1.41. The van der Waals surface area contributed by atoms with Crippen LogP contribution in [-0.2, 0) is 11.0 Å². The third-order valence-electron chi connectivity index (χ3n) is 4.10. The molecular weight excluding hydrogens is 526 g/mol. The molecule has 8 nitrogen and oxygen atoms in total. The summed E-state index contributed by atoms with van der Waals surface area (Å²) in [4.78, 5) is 23.6. The van der Waals surface area contributed by atoms with Gasteiger partial charge < -0.3 is 10.6 Å². The standard InChI is InChI=1S/C19H13F3IN7O/c1-10(31)25-18-15(23)11(7-8-24-18)27-17-13-5-3-9-30(13)29-16(28-17)12-4-2-6-14(26-12)19(20,21)22/h2-9H,1H3,(H2,24,25,27,28,29,31). The normalized spacial score (nSPS) is 11.5. The summed E-state index contributed by atoms with van der Waals surface area (Å²) in [5.74, 6) is 0.477. The number of nitrogens with one attached hydrogen (secondary N) is 2. The number of hydrogen-bond donors (Lipinski definition) is 2. The Balaban J connectivity index is 1.79. The number of anilines is 3. The number of carbonyl (C=O) groups excluding carboxylic acids is 1. The van der Waals surface area contributed by atoms with Crippen molar-refractivity contribution in [3.8, 4) is 11.5 Å². The van der Waals surface area contributed by atoms with Gasteiger partial charge in [0.25, 0.3) is 0 Å². The molecule has 0 aliphatic heterocycles. The average Bonchev–Trinajstić information content (AvgIpc) is 3.19. The van der Waals surface area contributed by atoms with Gasteiger partial charge in [-0.25, -0.2) is 19.5 Å². The molecule has 0 radical (unpaired) electrons. The minimum absolute atomic E-state index is 0.0168. The molecule has 4 aromatic heterocycles. The molecule has 0 saturated heterocycles. The van der Waals surface area contributed by atoms with Gasteiger partial charge in [0.15, 0.2) is 5.82 Å². The maximum Gasteiger partial charge on any atom is 0.433 e. The Morgan fingerprint density at radius 1 is 1.10 bits per heavy atom. The van der Waals surface area contributed by atoms with Crippen molar-refractivity contribution in [1.82, 2.24) is 24.6 Å². The fourth-order valence-corrected chi connectivity index (χ4v) is 3.36. The van der Waals surface area contributed by atoms with Gasteiger partial charge >= 0.3 is 6.18 Å². The summed E-state index contributed by atoms with van der Waals surface area (Å²) in [5, 5.41) is 10.1. The van der Waals surface area contributed by atoms with Crippen molar-refractivity contribution in [2.45, 2.75) is 13.1 Å². The molecule has 2 N–H and O–H groups in total. The fraction of sp³-hybridized carbons (Fsp3) is 0.105. The molecule has 4 aromatic rings. The monoisotopic (exact) mass is 539 g/mol. The first kappa shape index (κ1) is 21.0. The van der Waals surface area contributed by atoms with Gasteiger partial charge in [0.05, 0.1) is 9.26 Å². The fourth-order valence-electron chi connectivity index (χ4n) is 2.77. The SMILES string of the molecule is CC(=O)Nc1nccc(Nc2nc(-c3cccc(C(F)(F)F)n3)nn3cccc23)c1I. The molecule has 0 saturated carbocycles. The first-order chi connectivity index (χ1) is 14.7. The van der Waals surface area contributed by atoms with Crippen molar-refractivity contribution in [1.29, 1.82) is 0 Å². The zero-order valence-corrected chi connectivity index (χ0v) is 17.9. The van der Waals surface area contributed by atoms with Crippen LogP contribution in [0.5, 0.6) is 0 Å². The van der Waals surface area contributed by atoms with E-state index in [2.05, 4.69) is 30.7 Å². The molecule has 0 spiro atoms. The highest BCUT2D eigenvalue weighted by Gasteiger charge is 2.32. The third kappa shape index (κ3) is 4.42. The van der Waals surface area contributed by atoms with E-state index in [-0.39, 0.29) is 17.4 Å². The number of hydrogen-bond acceptors (Lipinski definition) is 6. The molecule has 0 bridgehead atoms. The van der Waals surface area contributed by atoms with E-state index in [1.165, 1.54) is 29.8 Å². The Morgan fingerprint density at radius 3 is 2.65 bits per heavy atom. The van der Waals surface area contributed by atoms with Crippen molar-refractivity contribution in [3.63, 3.8) is 0 Å². The Hall–Kier alpha value is -3.29. The summed E-state index contributed by atoms with van der Waals surface area (Å²) in [5.41, 5.74) is 0.157. The highest BCUT2D eigenvalue weighted by Crippen LogP contribution is 2.31. The number of halogens is 4. The summed E-state index contributed by atoms with van der Waals surface area (Å²) in [6, 6.07) is 8.74. The molecule has 0 aromatic carbocycles. The van der Waals surface area contributed by atoms with Crippen LogP contribution in [0.25, 0.3) is 17.0 Å². The van der Waals surface area contributed by atoms with Crippen molar-refractivity contribution in [2.75, 3.05) is 10.6 Å². The van der Waals surface area contributed by atoms with Gasteiger partial charge in [-0.05, 0) is 52.9 Å². The van der Waals surface area contributed by atoms with Gasteiger partial charge in [-0.3, -0.25) is 4.79 Å². The Kier molecular flexibility index (Phi) is 5.47. The minimum atomic E-state index is -4.58. The summed E-state index contributed by atoms with van der Waals surface area (Å²) < 4.78 is 41.3. The lowest BCUT2D eigenvalue weighted by atomic mass is 10.3. The molecule has 158 valence electrons. The van der Waals surface area contributed by atoms with E-state index in [1.807, 2.05) is 22.6 Å². The number of amides is 1. The van der Waals surface area contributed by atoms with Crippen LogP contribution >= 0.6 is 22.6 Å². The molecule has 12 heteroatoms. The molecule has 1 amide bonds. The van der Waals surface area contributed by atoms with Crippen LogP contribution in [0.15, 0.2) is 48.8 Å². The predicted molar refractivity (Wildman–Crippen MR) is 116 cm³/mol. The van der Waals surface area contributed by atoms with Crippen LogP contribution in [-0.4, -0.2) is 30.5 Å². The number of nitrogens with zero attached hydrogens (tertiary/aromatic N) is 5. The molecule has 0 aliphatic rings. The number of fused-ring (bicyclic) bond motifs is 1. The molecule has 4 heterocycles. The van der Waals surface area contributed by atoms with Crippen molar-refractivity contribution in [2.24, 2.45) is 0 Å². The van der Waals surface area contributed by atoms with E-state index < -0.39 is 11.9 Å². The Labute approximate surface area is 187 Å². The van der Waals surface area contributed by atoms with Crippen LogP contribution in [0, 0.1) is 3.57 Å². The van der Waals surface area contributed by atoms with Gasteiger partial charge in [0, 0.05) is 19.3 Å². The zero-order valence-electron chi connectivity index (χ0n) is 15.8. The second-order valence-corrected chi connectivity index (χ2v) is 7.43. The van der Waals surface area contributed by atoms with Crippen LogP contribution in [0.4, 0.5) is 30.5 Å².